The molecule has 3 heterocycles. The summed E-state index contributed by atoms with van der Waals surface area (Å²) in [7, 11) is 0. The highest BCUT2D eigenvalue weighted by Crippen LogP contribution is 2.26. The molecule has 10 heteroatoms. The summed E-state index contributed by atoms with van der Waals surface area (Å²) in [4.78, 5) is 39.1. The molecule has 2 amide bonds. The summed E-state index contributed by atoms with van der Waals surface area (Å²) in [6.45, 7) is 6.27. The van der Waals surface area contributed by atoms with Crippen molar-refractivity contribution in [3.8, 4) is 0 Å². The van der Waals surface area contributed by atoms with Crippen LogP contribution in [-0.4, -0.2) is 82.1 Å². The summed E-state index contributed by atoms with van der Waals surface area (Å²) in [5, 5.41) is 8.93. The zero-order chi connectivity index (χ0) is 26.5. The quantitative estimate of drug-likeness (QED) is 0.435. The second-order valence-electron chi connectivity index (χ2n) is 10.2. The number of hydrogen-bond acceptors (Lipinski definition) is 6. The van der Waals surface area contributed by atoms with Crippen LogP contribution in [0.25, 0.3) is 11.0 Å². The van der Waals surface area contributed by atoms with Crippen molar-refractivity contribution in [3.63, 3.8) is 0 Å². The van der Waals surface area contributed by atoms with E-state index in [9.17, 15) is 9.59 Å². The number of anilines is 1. The maximum Gasteiger partial charge on any atom is 0.230 e. The van der Waals surface area contributed by atoms with Gasteiger partial charge >= 0.3 is 0 Å². The first-order chi connectivity index (χ1) is 18.5. The molecule has 202 valence electrons. The minimum absolute atomic E-state index is 0.0754. The van der Waals surface area contributed by atoms with Crippen molar-refractivity contribution in [1.29, 1.82) is 0 Å². The highest BCUT2D eigenvalue weighted by molar-refractivity contribution is 6.30. The first-order valence-electron chi connectivity index (χ1n) is 13.5. The van der Waals surface area contributed by atoms with Crippen molar-refractivity contribution in [2.75, 3.05) is 44.2 Å². The number of piperidine rings is 2. The van der Waals surface area contributed by atoms with Crippen LogP contribution in [-0.2, 0) is 9.59 Å². The zero-order valence-electron chi connectivity index (χ0n) is 21.8. The Kier molecular flexibility index (Phi) is 8.44. The molecule has 2 aliphatic rings. The van der Waals surface area contributed by atoms with Crippen LogP contribution in [0.3, 0.4) is 0 Å². The van der Waals surface area contributed by atoms with Crippen molar-refractivity contribution in [1.82, 2.24) is 25.0 Å². The highest BCUT2D eigenvalue weighted by atomic mass is 35.5. The molecule has 2 fully saturated rings. The van der Waals surface area contributed by atoms with E-state index in [-0.39, 0.29) is 23.8 Å². The SMILES string of the molecule is CC(=O)N1CCC(C(=O)N(CCCN2CCC(On3nnc4ccccc43)CC2)c2cccc(Cl)c2)CC1. The topological polar surface area (TPSA) is 83.8 Å². The van der Waals surface area contributed by atoms with E-state index in [0.29, 0.717) is 37.5 Å². The maximum atomic E-state index is 13.6. The molecule has 0 radical (unpaired) electrons. The fourth-order valence-electron chi connectivity index (χ4n) is 5.43. The van der Waals surface area contributed by atoms with Gasteiger partial charge in [0.2, 0.25) is 11.8 Å². The van der Waals surface area contributed by atoms with Crippen molar-refractivity contribution >= 4 is 40.1 Å². The summed E-state index contributed by atoms with van der Waals surface area (Å²) in [5.41, 5.74) is 2.55. The lowest BCUT2D eigenvalue weighted by atomic mass is 9.94. The number of amides is 2. The second-order valence-corrected chi connectivity index (χ2v) is 10.6. The lowest BCUT2D eigenvalue weighted by molar-refractivity contribution is -0.133. The third-order valence-electron chi connectivity index (χ3n) is 7.64. The first kappa shape index (κ1) is 26.4. The third kappa shape index (κ3) is 6.27. The van der Waals surface area contributed by atoms with E-state index >= 15 is 0 Å². The number of rotatable bonds is 8. The Bertz CT molecular complexity index is 1250. The van der Waals surface area contributed by atoms with E-state index < -0.39 is 0 Å². The predicted octanol–water partition coefficient (Wildman–Crippen LogP) is 3.66. The lowest BCUT2D eigenvalue weighted by Crippen LogP contribution is -2.45. The molecule has 0 saturated carbocycles. The largest absolute Gasteiger partial charge is 0.392 e. The standard InChI is InChI=1S/C28H35ClN6O3/c1-21(36)33-18-10-22(11-19-33)28(37)34(24-7-4-6-23(29)20-24)15-5-14-32-16-12-25(13-17-32)38-35-27-9-3-2-8-26(27)30-31-35/h2-4,6-9,20,22,25H,5,10-19H2,1H3. The number of nitrogens with zero attached hydrogens (tertiary/aromatic N) is 6. The molecule has 0 bridgehead atoms. The average molecular weight is 539 g/mol. The molecular formula is C28H35ClN6O3. The van der Waals surface area contributed by atoms with E-state index in [1.54, 1.807) is 11.8 Å². The molecule has 2 saturated heterocycles. The number of halogens is 1. The van der Waals surface area contributed by atoms with E-state index in [4.69, 9.17) is 16.4 Å². The van der Waals surface area contributed by atoms with Gasteiger partial charge in [0, 0.05) is 56.3 Å². The minimum atomic E-state index is -0.0784. The number of carbonyl (C=O) groups excluding carboxylic acids is 2. The molecular weight excluding hydrogens is 504 g/mol. The van der Waals surface area contributed by atoms with Crippen LogP contribution < -0.4 is 9.74 Å². The van der Waals surface area contributed by atoms with Gasteiger partial charge in [-0.25, -0.2) is 0 Å². The van der Waals surface area contributed by atoms with Crippen molar-refractivity contribution in [2.24, 2.45) is 5.92 Å². The molecule has 2 aliphatic heterocycles. The van der Waals surface area contributed by atoms with Gasteiger partial charge in [-0.1, -0.05) is 34.6 Å². The highest BCUT2D eigenvalue weighted by Gasteiger charge is 2.30. The number of benzene rings is 2. The lowest BCUT2D eigenvalue weighted by Gasteiger charge is -2.35. The summed E-state index contributed by atoms with van der Waals surface area (Å²) in [5.74, 6) is 0.124. The maximum absolute atomic E-state index is 13.6. The molecule has 1 aromatic heterocycles. The van der Waals surface area contributed by atoms with E-state index in [0.717, 1.165) is 55.6 Å². The van der Waals surface area contributed by atoms with E-state index in [2.05, 4.69) is 15.2 Å². The molecule has 2 aromatic carbocycles. The van der Waals surface area contributed by atoms with Gasteiger partial charge in [-0.3, -0.25) is 9.59 Å². The van der Waals surface area contributed by atoms with Crippen molar-refractivity contribution in [2.45, 2.75) is 45.1 Å². The monoisotopic (exact) mass is 538 g/mol. The summed E-state index contributed by atoms with van der Waals surface area (Å²) in [6.07, 6.45) is 4.19. The number of carbonyl (C=O) groups is 2. The molecule has 0 aliphatic carbocycles. The summed E-state index contributed by atoms with van der Waals surface area (Å²) in [6, 6.07) is 15.3. The van der Waals surface area contributed by atoms with Crippen LogP contribution in [0.5, 0.6) is 0 Å². The average Bonchev–Trinajstić information content (AvgIpc) is 3.34. The van der Waals surface area contributed by atoms with E-state index in [1.165, 1.54) is 0 Å². The molecule has 0 atom stereocenters. The Balaban J connectivity index is 1.13. The molecule has 0 unspecified atom stereocenters. The number of para-hydroxylation sites is 1. The Labute approximate surface area is 228 Å². The number of hydrogen-bond donors (Lipinski definition) is 0. The second kappa shape index (κ2) is 12.1. The first-order valence-corrected chi connectivity index (χ1v) is 13.9. The Morgan fingerprint density at radius 1 is 1.03 bits per heavy atom. The van der Waals surface area contributed by atoms with Gasteiger partial charge in [0.15, 0.2) is 0 Å². The van der Waals surface area contributed by atoms with Crippen molar-refractivity contribution in [3.05, 3.63) is 53.6 Å². The molecule has 0 N–H and O–H groups in total. The van der Waals surface area contributed by atoms with Gasteiger partial charge in [0.25, 0.3) is 0 Å². The summed E-state index contributed by atoms with van der Waals surface area (Å²) < 4.78 is 0. The molecule has 0 spiro atoms. The zero-order valence-corrected chi connectivity index (χ0v) is 22.6. The Morgan fingerprint density at radius 3 is 2.53 bits per heavy atom. The number of fused-ring (bicyclic) bond motifs is 1. The normalized spacial score (nSPS) is 17.6. The van der Waals surface area contributed by atoms with Crippen LogP contribution in [0, 0.1) is 5.92 Å². The molecule has 9 nitrogen and oxygen atoms in total. The smallest absolute Gasteiger partial charge is 0.230 e. The molecule has 3 aromatic rings. The number of likely N-dealkylation sites (tertiary alicyclic amines) is 2. The Morgan fingerprint density at radius 2 is 1.79 bits per heavy atom. The van der Waals surface area contributed by atoms with Crippen LogP contribution in [0.1, 0.15) is 39.0 Å². The van der Waals surface area contributed by atoms with Crippen molar-refractivity contribution < 1.29 is 14.4 Å². The third-order valence-corrected chi connectivity index (χ3v) is 7.87. The van der Waals surface area contributed by atoms with Crippen LogP contribution in [0.2, 0.25) is 5.02 Å². The van der Waals surface area contributed by atoms with Gasteiger partial charge in [0.1, 0.15) is 17.1 Å². The fourth-order valence-corrected chi connectivity index (χ4v) is 5.61. The van der Waals surface area contributed by atoms with Gasteiger partial charge in [-0.15, -0.1) is 5.10 Å². The van der Waals surface area contributed by atoms with Gasteiger partial charge in [0.05, 0.1) is 0 Å². The predicted molar refractivity (Wildman–Crippen MR) is 147 cm³/mol. The summed E-state index contributed by atoms with van der Waals surface area (Å²) >= 11 is 6.27. The van der Waals surface area contributed by atoms with Crippen LogP contribution >= 0.6 is 11.6 Å². The van der Waals surface area contributed by atoms with Gasteiger partial charge in [-0.05, 0) is 74.2 Å². The molecule has 38 heavy (non-hydrogen) atoms. The fraction of sp³-hybridized carbons (Fsp3) is 0.500. The van der Waals surface area contributed by atoms with E-state index in [1.807, 2.05) is 58.3 Å². The minimum Gasteiger partial charge on any atom is -0.392 e. The molecule has 5 rings (SSSR count). The van der Waals surface area contributed by atoms with Crippen LogP contribution in [0.15, 0.2) is 48.5 Å². The Hall–Kier alpha value is -3.17. The number of aromatic nitrogens is 3. The van der Waals surface area contributed by atoms with Crippen LogP contribution in [0.4, 0.5) is 5.69 Å². The van der Waals surface area contributed by atoms with Gasteiger partial charge in [-0.2, -0.15) is 0 Å². The van der Waals surface area contributed by atoms with Gasteiger partial charge < -0.3 is 19.5 Å².